The summed E-state index contributed by atoms with van der Waals surface area (Å²) in [7, 11) is 0. The Morgan fingerprint density at radius 1 is 1.00 bits per heavy atom. The average Bonchev–Trinajstić information content (AvgIpc) is 2.59. The van der Waals surface area contributed by atoms with Crippen molar-refractivity contribution in [1.29, 1.82) is 0 Å². The van der Waals surface area contributed by atoms with Crippen LogP contribution in [0.4, 0.5) is 5.69 Å². The molecule has 1 amide bonds. The van der Waals surface area contributed by atoms with Crippen LogP contribution in [0.15, 0.2) is 40.9 Å². The van der Waals surface area contributed by atoms with E-state index in [0.29, 0.717) is 24.7 Å². The zero-order valence-electron chi connectivity index (χ0n) is 14.9. The van der Waals surface area contributed by atoms with Gasteiger partial charge in [-0.05, 0) is 49.6 Å². The van der Waals surface area contributed by atoms with Gasteiger partial charge in [0.1, 0.15) is 0 Å². The molecule has 0 aromatic heterocycles. The fourth-order valence-electron chi connectivity index (χ4n) is 2.57. The van der Waals surface area contributed by atoms with E-state index >= 15 is 0 Å². The van der Waals surface area contributed by atoms with Crippen LogP contribution in [-0.2, 0) is 17.6 Å². The number of rotatable bonds is 8. The lowest BCUT2D eigenvalue weighted by Gasteiger charge is -2.15. The number of nitrogens with one attached hydrogen (secondary N) is 1. The largest absolute Gasteiger partial charge is 0.490 e. The van der Waals surface area contributed by atoms with Gasteiger partial charge in [-0.2, -0.15) is 0 Å². The van der Waals surface area contributed by atoms with Crippen LogP contribution in [-0.4, -0.2) is 19.1 Å². The van der Waals surface area contributed by atoms with Gasteiger partial charge in [0, 0.05) is 10.2 Å². The summed E-state index contributed by atoms with van der Waals surface area (Å²) in [5, 5.41) is 3.00. The molecule has 2 aromatic rings. The van der Waals surface area contributed by atoms with E-state index in [4.69, 9.17) is 9.47 Å². The Labute approximate surface area is 157 Å². The molecule has 0 aliphatic rings. The van der Waals surface area contributed by atoms with E-state index in [-0.39, 0.29) is 12.3 Å². The molecule has 0 spiro atoms. The lowest BCUT2D eigenvalue weighted by molar-refractivity contribution is -0.115. The highest BCUT2D eigenvalue weighted by Crippen LogP contribution is 2.34. The normalized spacial score (nSPS) is 10.4. The number of aryl methyl sites for hydroxylation is 1. The van der Waals surface area contributed by atoms with E-state index in [2.05, 4.69) is 28.2 Å². The highest BCUT2D eigenvalue weighted by molar-refractivity contribution is 9.10. The third-order valence-electron chi connectivity index (χ3n) is 3.74. The van der Waals surface area contributed by atoms with E-state index in [1.54, 1.807) is 0 Å². The first-order valence-electron chi connectivity index (χ1n) is 8.54. The summed E-state index contributed by atoms with van der Waals surface area (Å²) < 4.78 is 12.1. The van der Waals surface area contributed by atoms with Crippen LogP contribution in [0.3, 0.4) is 0 Å². The van der Waals surface area contributed by atoms with Crippen LogP contribution in [0.5, 0.6) is 11.5 Å². The molecule has 0 unspecified atom stereocenters. The van der Waals surface area contributed by atoms with Crippen LogP contribution in [0.2, 0.25) is 0 Å². The first kappa shape index (κ1) is 19.3. The number of carbonyl (C=O) groups is 1. The predicted octanol–water partition coefficient (Wildman–Crippen LogP) is 4.99. The van der Waals surface area contributed by atoms with Crippen molar-refractivity contribution in [2.45, 2.75) is 33.6 Å². The van der Waals surface area contributed by atoms with Gasteiger partial charge in [0.2, 0.25) is 5.91 Å². The van der Waals surface area contributed by atoms with Crippen molar-refractivity contribution in [2.24, 2.45) is 0 Å². The summed E-state index contributed by atoms with van der Waals surface area (Å²) in [6.45, 7) is 7.02. The number of benzene rings is 2. The summed E-state index contributed by atoms with van der Waals surface area (Å²) in [4.78, 5) is 12.5. The van der Waals surface area contributed by atoms with Crippen molar-refractivity contribution in [3.63, 3.8) is 0 Å². The maximum Gasteiger partial charge on any atom is 0.228 e. The lowest BCUT2D eigenvalue weighted by Crippen LogP contribution is -2.16. The Bertz CT molecular complexity index is 731. The van der Waals surface area contributed by atoms with E-state index in [9.17, 15) is 4.79 Å². The van der Waals surface area contributed by atoms with E-state index in [1.807, 2.05) is 50.2 Å². The molecule has 0 heterocycles. The molecule has 0 aliphatic carbocycles. The van der Waals surface area contributed by atoms with E-state index in [0.717, 1.165) is 27.7 Å². The molecule has 0 radical (unpaired) electrons. The Morgan fingerprint density at radius 2 is 1.64 bits per heavy atom. The smallest absolute Gasteiger partial charge is 0.228 e. The molecular weight excluding hydrogens is 382 g/mol. The number of amides is 1. The molecule has 1 N–H and O–H groups in total. The Morgan fingerprint density at radius 3 is 2.28 bits per heavy atom. The third kappa shape index (κ3) is 5.23. The molecular formula is C20H24BrNO3. The van der Waals surface area contributed by atoms with Crippen LogP contribution >= 0.6 is 15.9 Å². The summed E-state index contributed by atoms with van der Waals surface area (Å²) in [6, 6.07) is 11.6. The predicted molar refractivity (Wildman–Crippen MR) is 105 cm³/mol. The van der Waals surface area contributed by atoms with Crippen molar-refractivity contribution < 1.29 is 14.3 Å². The van der Waals surface area contributed by atoms with Crippen LogP contribution < -0.4 is 14.8 Å². The van der Waals surface area contributed by atoms with Gasteiger partial charge in [0.25, 0.3) is 0 Å². The first-order valence-corrected chi connectivity index (χ1v) is 9.34. The number of ether oxygens (including phenoxy) is 2. The first-order chi connectivity index (χ1) is 12.1. The van der Waals surface area contributed by atoms with Crippen molar-refractivity contribution in [3.05, 3.63) is 52.0 Å². The summed E-state index contributed by atoms with van der Waals surface area (Å²) in [5.74, 6) is 1.27. The topological polar surface area (TPSA) is 47.6 Å². The highest BCUT2D eigenvalue weighted by atomic mass is 79.9. The number of hydrogen-bond donors (Lipinski definition) is 1. The number of hydrogen-bond acceptors (Lipinski definition) is 3. The molecule has 25 heavy (non-hydrogen) atoms. The maximum absolute atomic E-state index is 12.5. The van der Waals surface area contributed by atoms with Gasteiger partial charge in [0.05, 0.1) is 19.6 Å². The van der Waals surface area contributed by atoms with Gasteiger partial charge in [-0.1, -0.05) is 41.1 Å². The summed E-state index contributed by atoms with van der Waals surface area (Å²) in [6.07, 6.45) is 1.13. The van der Waals surface area contributed by atoms with Crippen LogP contribution in [0.25, 0.3) is 0 Å². The minimum Gasteiger partial charge on any atom is -0.490 e. The minimum atomic E-state index is -0.0618. The fourth-order valence-corrected chi connectivity index (χ4v) is 3.03. The van der Waals surface area contributed by atoms with Gasteiger partial charge in [-0.15, -0.1) is 0 Å². The number of anilines is 1. The zero-order valence-corrected chi connectivity index (χ0v) is 16.5. The van der Waals surface area contributed by atoms with E-state index < -0.39 is 0 Å². The Kier molecular flexibility index (Phi) is 7.31. The Hall–Kier alpha value is -2.01. The SMILES string of the molecule is CCOc1cc(Br)c(CC(=O)Nc2ccccc2CC)cc1OCC. The second-order valence-electron chi connectivity index (χ2n) is 5.49. The van der Waals surface area contributed by atoms with Crippen molar-refractivity contribution in [2.75, 3.05) is 18.5 Å². The van der Waals surface area contributed by atoms with Gasteiger partial charge in [0.15, 0.2) is 11.5 Å². The molecule has 2 aromatic carbocycles. The molecule has 0 fully saturated rings. The number of para-hydroxylation sites is 1. The highest BCUT2D eigenvalue weighted by Gasteiger charge is 2.14. The van der Waals surface area contributed by atoms with Crippen LogP contribution in [0.1, 0.15) is 31.9 Å². The summed E-state index contributed by atoms with van der Waals surface area (Å²) in [5.41, 5.74) is 2.84. The molecule has 0 saturated carbocycles. The third-order valence-corrected chi connectivity index (χ3v) is 4.47. The second kappa shape index (κ2) is 9.47. The van der Waals surface area contributed by atoms with Crippen LogP contribution in [0, 0.1) is 0 Å². The molecule has 2 rings (SSSR count). The van der Waals surface area contributed by atoms with Gasteiger partial charge in [-0.25, -0.2) is 0 Å². The fraction of sp³-hybridized carbons (Fsp3) is 0.350. The van der Waals surface area contributed by atoms with Crippen molar-refractivity contribution in [1.82, 2.24) is 0 Å². The number of halogens is 1. The molecule has 0 aliphatic heterocycles. The monoisotopic (exact) mass is 405 g/mol. The second-order valence-corrected chi connectivity index (χ2v) is 6.35. The molecule has 134 valence electrons. The molecule has 0 saturated heterocycles. The van der Waals surface area contributed by atoms with Gasteiger partial charge in [-0.3, -0.25) is 4.79 Å². The van der Waals surface area contributed by atoms with E-state index in [1.165, 1.54) is 0 Å². The zero-order chi connectivity index (χ0) is 18.2. The number of carbonyl (C=O) groups excluding carboxylic acids is 1. The maximum atomic E-state index is 12.5. The standard InChI is InChI=1S/C20H24BrNO3/c1-4-14-9-7-8-10-17(14)22-20(23)12-15-11-18(24-5-2)19(25-6-3)13-16(15)21/h7-11,13H,4-6,12H2,1-3H3,(H,22,23). The average molecular weight is 406 g/mol. The molecule has 5 heteroatoms. The minimum absolute atomic E-state index is 0.0618. The van der Waals surface area contributed by atoms with Gasteiger partial charge >= 0.3 is 0 Å². The lowest BCUT2D eigenvalue weighted by atomic mass is 10.1. The van der Waals surface area contributed by atoms with Gasteiger partial charge < -0.3 is 14.8 Å². The molecule has 0 atom stereocenters. The molecule has 4 nitrogen and oxygen atoms in total. The van der Waals surface area contributed by atoms with Crippen molar-refractivity contribution >= 4 is 27.5 Å². The Balaban J connectivity index is 2.18. The quantitative estimate of drug-likeness (QED) is 0.672. The summed E-state index contributed by atoms with van der Waals surface area (Å²) >= 11 is 3.53. The molecule has 0 bridgehead atoms. The van der Waals surface area contributed by atoms with Crippen molar-refractivity contribution in [3.8, 4) is 11.5 Å².